The Labute approximate surface area is 114 Å². The van der Waals surface area contributed by atoms with Crippen molar-refractivity contribution >= 4 is 5.95 Å². The molecule has 3 heterocycles. The maximum atomic E-state index is 6.11. The summed E-state index contributed by atoms with van der Waals surface area (Å²) in [4.78, 5) is 13.5. The molecule has 1 spiro atoms. The molecule has 0 aliphatic carbocycles. The molecule has 2 fully saturated rings. The van der Waals surface area contributed by atoms with E-state index >= 15 is 0 Å². The lowest BCUT2D eigenvalue weighted by atomic mass is 9.89. The Morgan fingerprint density at radius 1 is 1.16 bits per heavy atom. The lowest BCUT2D eigenvalue weighted by Crippen LogP contribution is -2.56. The lowest BCUT2D eigenvalue weighted by molar-refractivity contribution is -0.0886. The van der Waals surface area contributed by atoms with Crippen molar-refractivity contribution in [3.05, 3.63) is 18.0 Å². The summed E-state index contributed by atoms with van der Waals surface area (Å²) in [5.41, 5.74) is 1.12. The first-order valence-corrected chi connectivity index (χ1v) is 7.03. The maximum absolute atomic E-state index is 6.11. The minimum Gasteiger partial charge on any atom is -0.371 e. The molecule has 0 bridgehead atoms. The second kappa shape index (κ2) is 5.06. The number of ether oxygens (including phenoxy) is 1. The van der Waals surface area contributed by atoms with Crippen LogP contribution in [0.15, 0.2) is 12.4 Å². The number of piperidine rings is 1. The van der Waals surface area contributed by atoms with Gasteiger partial charge in [-0.05, 0) is 32.4 Å². The molecule has 5 heteroatoms. The molecule has 2 aliphatic heterocycles. The van der Waals surface area contributed by atoms with Crippen LogP contribution >= 0.6 is 0 Å². The maximum Gasteiger partial charge on any atom is 0.225 e. The average molecular weight is 262 g/mol. The van der Waals surface area contributed by atoms with Crippen molar-refractivity contribution < 1.29 is 4.74 Å². The first-order chi connectivity index (χ1) is 9.17. The molecule has 3 rings (SSSR count). The minimum absolute atomic E-state index is 0.0129. The van der Waals surface area contributed by atoms with Crippen molar-refractivity contribution in [2.24, 2.45) is 0 Å². The third-order valence-corrected chi connectivity index (χ3v) is 4.20. The Balaban J connectivity index is 1.72. The predicted octanol–water partition coefficient (Wildman–Crippen LogP) is 1.09. The van der Waals surface area contributed by atoms with Crippen molar-refractivity contribution in [1.29, 1.82) is 0 Å². The van der Waals surface area contributed by atoms with Crippen molar-refractivity contribution in [2.75, 3.05) is 44.7 Å². The fourth-order valence-electron chi connectivity index (χ4n) is 2.89. The molecule has 2 saturated heterocycles. The first kappa shape index (κ1) is 12.8. The summed E-state index contributed by atoms with van der Waals surface area (Å²) in [6.45, 7) is 6.83. The highest BCUT2D eigenvalue weighted by Crippen LogP contribution is 2.30. The summed E-state index contributed by atoms with van der Waals surface area (Å²) in [5, 5.41) is 0. The van der Waals surface area contributed by atoms with Crippen molar-refractivity contribution in [1.82, 2.24) is 14.9 Å². The molecule has 0 saturated carbocycles. The standard InChI is InChI=1S/C14H22N4O/c1-12-9-15-13(16-10-12)18-7-8-19-14(11-18)3-5-17(2)6-4-14/h9-10H,3-8,11H2,1-2H3. The third-order valence-electron chi connectivity index (χ3n) is 4.20. The predicted molar refractivity (Wildman–Crippen MR) is 74.4 cm³/mol. The number of nitrogens with zero attached hydrogens (tertiary/aromatic N) is 4. The number of morpholine rings is 1. The molecule has 1 aromatic heterocycles. The van der Waals surface area contributed by atoms with Crippen LogP contribution < -0.4 is 4.90 Å². The van der Waals surface area contributed by atoms with E-state index in [1.807, 2.05) is 19.3 Å². The zero-order valence-corrected chi connectivity index (χ0v) is 11.8. The molecular formula is C14H22N4O. The van der Waals surface area contributed by atoms with Gasteiger partial charge in [0.15, 0.2) is 0 Å². The van der Waals surface area contributed by atoms with Crippen LogP contribution in [-0.4, -0.2) is 60.3 Å². The third kappa shape index (κ3) is 2.72. The van der Waals surface area contributed by atoms with Crippen LogP contribution in [0.25, 0.3) is 0 Å². The van der Waals surface area contributed by atoms with Gasteiger partial charge in [0.1, 0.15) is 0 Å². The molecule has 5 nitrogen and oxygen atoms in total. The average Bonchev–Trinajstić information content (AvgIpc) is 2.44. The number of rotatable bonds is 1. The van der Waals surface area contributed by atoms with E-state index in [4.69, 9.17) is 4.74 Å². The highest BCUT2D eigenvalue weighted by Gasteiger charge is 2.39. The van der Waals surface area contributed by atoms with Crippen LogP contribution in [0.1, 0.15) is 18.4 Å². The summed E-state index contributed by atoms with van der Waals surface area (Å²) in [7, 11) is 2.18. The largest absolute Gasteiger partial charge is 0.371 e. The zero-order chi connectivity index (χ0) is 13.3. The van der Waals surface area contributed by atoms with Crippen LogP contribution in [0.3, 0.4) is 0 Å². The van der Waals surface area contributed by atoms with E-state index in [2.05, 4.69) is 26.8 Å². The van der Waals surface area contributed by atoms with E-state index in [-0.39, 0.29) is 5.60 Å². The van der Waals surface area contributed by atoms with Gasteiger partial charge in [-0.25, -0.2) is 9.97 Å². The number of likely N-dealkylation sites (tertiary alicyclic amines) is 1. The fourth-order valence-corrected chi connectivity index (χ4v) is 2.89. The van der Waals surface area contributed by atoms with E-state index in [0.29, 0.717) is 0 Å². The van der Waals surface area contributed by atoms with Gasteiger partial charge in [-0.1, -0.05) is 0 Å². The summed E-state index contributed by atoms with van der Waals surface area (Å²) in [5.74, 6) is 0.840. The van der Waals surface area contributed by atoms with E-state index in [1.54, 1.807) is 0 Å². The summed E-state index contributed by atoms with van der Waals surface area (Å²) in [6.07, 6.45) is 5.98. The highest BCUT2D eigenvalue weighted by molar-refractivity contribution is 5.31. The second-order valence-corrected chi connectivity index (χ2v) is 5.82. The van der Waals surface area contributed by atoms with Gasteiger partial charge in [0.25, 0.3) is 0 Å². The van der Waals surface area contributed by atoms with Gasteiger partial charge in [-0.2, -0.15) is 0 Å². The van der Waals surface area contributed by atoms with Gasteiger partial charge in [0, 0.05) is 32.0 Å². The quantitative estimate of drug-likeness (QED) is 0.758. The van der Waals surface area contributed by atoms with Crippen LogP contribution in [-0.2, 0) is 4.74 Å². The van der Waals surface area contributed by atoms with E-state index < -0.39 is 0 Å². The van der Waals surface area contributed by atoms with E-state index in [1.165, 1.54) is 0 Å². The summed E-state index contributed by atoms with van der Waals surface area (Å²) < 4.78 is 6.11. The molecule has 19 heavy (non-hydrogen) atoms. The van der Waals surface area contributed by atoms with E-state index in [0.717, 1.165) is 57.1 Å². The van der Waals surface area contributed by atoms with Crippen molar-refractivity contribution in [3.63, 3.8) is 0 Å². The lowest BCUT2D eigenvalue weighted by Gasteiger charge is -2.46. The molecule has 1 aromatic rings. The molecule has 2 aliphatic rings. The number of hydrogen-bond acceptors (Lipinski definition) is 5. The Hall–Kier alpha value is -1.20. The molecule has 0 atom stereocenters. The van der Waals surface area contributed by atoms with Crippen molar-refractivity contribution in [2.45, 2.75) is 25.4 Å². The zero-order valence-electron chi connectivity index (χ0n) is 11.8. The number of aryl methyl sites for hydroxylation is 1. The van der Waals surface area contributed by atoms with Gasteiger partial charge in [-0.3, -0.25) is 0 Å². The Morgan fingerprint density at radius 2 is 1.84 bits per heavy atom. The number of hydrogen-bond donors (Lipinski definition) is 0. The Kier molecular flexibility index (Phi) is 3.41. The molecule has 0 aromatic carbocycles. The smallest absolute Gasteiger partial charge is 0.225 e. The summed E-state index contributed by atoms with van der Waals surface area (Å²) >= 11 is 0. The normalized spacial score (nSPS) is 23.8. The molecule has 0 amide bonds. The number of aromatic nitrogens is 2. The van der Waals surface area contributed by atoms with Gasteiger partial charge < -0.3 is 14.5 Å². The number of anilines is 1. The molecule has 0 unspecified atom stereocenters. The minimum atomic E-state index is 0.0129. The Morgan fingerprint density at radius 3 is 2.53 bits per heavy atom. The van der Waals surface area contributed by atoms with Crippen molar-refractivity contribution in [3.8, 4) is 0 Å². The van der Waals surface area contributed by atoms with Crippen LogP contribution in [0.2, 0.25) is 0 Å². The van der Waals surface area contributed by atoms with Gasteiger partial charge in [0.2, 0.25) is 5.95 Å². The molecule has 104 valence electrons. The van der Waals surface area contributed by atoms with Crippen LogP contribution in [0.4, 0.5) is 5.95 Å². The molecule has 0 N–H and O–H groups in total. The van der Waals surface area contributed by atoms with Crippen LogP contribution in [0, 0.1) is 6.92 Å². The summed E-state index contributed by atoms with van der Waals surface area (Å²) in [6, 6.07) is 0. The Bertz CT molecular complexity index is 426. The van der Waals surface area contributed by atoms with Gasteiger partial charge >= 0.3 is 0 Å². The highest BCUT2D eigenvalue weighted by atomic mass is 16.5. The first-order valence-electron chi connectivity index (χ1n) is 7.03. The van der Waals surface area contributed by atoms with E-state index in [9.17, 15) is 0 Å². The SMILES string of the molecule is Cc1cnc(N2CCOC3(CCN(C)CC3)C2)nc1. The topological polar surface area (TPSA) is 41.5 Å². The van der Waals surface area contributed by atoms with Gasteiger partial charge in [0.05, 0.1) is 18.8 Å². The fraction of sp³-hybridized carbons (Fsp3) is 0.714. The molecular weight excluding hydrogens is 240 g/mol. The second-order valence-electron chi connectivity index (χ2n) is 5.82. The van der Waals surface area contributed by atoms with Crippen LogP contribution in [0.5, 0.6) is 0 Å². The monoisotopic (exact) mass is 262 g/mol. The van der Waals surface area contributed by atoms with Gasteiger partial charge in [-0.15, -0.1) is 0 Å². The molecule has 0 radical (unpaired) electrons.